The van der Waals surface area contributed by atoms with E-state index >= 15 is 0 Å². The van der Waals surface area contributed by atoms with Gasteiger partial charge in [0.15, 0.2) is 0 Å². The van der Waals surface area contributed by atoms with Crippen LogP contribution in [0.3, 0.4) is 0 Å². The second-order valence-electron chi connectivity index (χ2n) is 5.25. The highest BCUT2D eigenvalue weighted by Crippen LogP contribution is 2.40. The van der Waals surface area contributed by atoms with Crippen LogP contribution in [0.25, 0.3) is 10.1 Å². The van der Waals surface area contributed by atoms with Gasteiger partial charge < -0.3 is 9.31 Å². The quantitative estimate of drug-likeness (QED) is 0.638. The number of rotatable bonds is 1. The summed E-state index contributed by atoms with van der Waals surface area (Å²) < 4.78 is 13.2. The fourth-order valence-electron chi connectivity index (χ4n) is 2.08. The van der Waals surface area contributed by atoms with Gasteiger partial charge in [-0.05, 0) is 37.6 Å². The zero-order valence-electron chi connectivity index (χ0n) is 10.6. The summed E-state index contributed by atoms with van der Waals surface area (Å²) in [4.78, 5) is -0.586. The van der Waals surface area contributed by atoms with E-state index in [4.69, 9.17) is 9.31 Å². The number of thiophene rings is 1. The van der Waals surface area contributed by atoms with Crippen molar-refractivity contribution in [3.05, 3.63) is 29.6 Å². The average molecular weight is 278 g/mol. The van der Waals surface area contributed by atoms with Crippen LogP contribution in [0.15, 0.2) is 29.6 Å². The monoisotopic (exact) mass is 278 g/mol. The molecule has 1 unspecified atom stereocenters. The summed E-state index contributed by atoms with van der Waals surface area (Å²) in [5.41, 5.74) is 0.675. The molecule has 18 heavy (non-hydrogen) atoms. The highest BCUT2D eigenvalue weighted by atomic mass is 32.1. The van der Waals surface area contributed by atoms with Crippen molar-refractivity contribution in [3.63, 3.8) is 0 Å². The molecule has 1 aromatic carbocycles. The van der Waals surface area contributed by atoms with E-state index < -0.39 is 10.5 Å². The zero-order valence-corrected chi connectivity index (χ0v) is 12.3. The summed E-state index contributed by atoms with van der Waals surface area (Å²) in [7, 11) is -0.343. The van der Waals surface area contributed by atoms with E-state index in [1.807, 2.05) is 26.8 Å². The smallest absolute Gasteiger partial charge is 0.398 e. The highest BCUT2D eigenvalue weighted by Gasteiger charge is 2.53. The van der Waals surface area contributed by atoms with Gasteiger partial charge in [-0.25, -0.2) is 0 Å². The summed E-state index contributed by atoms with van der Waals surface area (Å²) >= 11 is 6.29. The number of fused-ring (bicyclic) bond motifs is 1. The lowest BCUT2D eigenvalue weighted by atomic mass is 9.79. The van der Waals surface area contributed by atoms with Gasteiger partial charge in [0.1, 0.15) is 4.93 Å². The van der Waals surface area contributed by atoms with E-state index in [9.17, 15) is 0 Å². The minimum Gasteiger partial charge on any atom is -0.398 e. The molecule has 5 heteroatoms. The predicted octanol–water partition coefficient (Wildman–Crippen LogP) is 3.07. The van der Waals surface area contributed by atoms with E-state index in [0.717, 1.165) is 5.46 Å². The zero-order chi connectivity index (χ0) is 13.0. The van der Waals surface area contributed by atoms with Gasteiger partial charge >= 0.3 is 7.12 Å². The van der Waals surface area contributed by atoms with Gasteiger partial charge in [-0.15, -0.1) is 24.0 Å². The van der Waals surface area contributed by atoms with Crippen molar-refractivity contribution in [2.45, 2.75) is 31.3 Å². The Labute approximate surface area is 117 Å². The number of thiol groups is 1. The summed E-state index contributed by atoms with van der Waals surface area (Å²) in [6, 6.07) is 8.33. The molecule has 94 valence electrons. The first-order chi connectivity index (χ1) is 8.41. The van der Waals surface area contributed by atoms with Crippen molar-refractivity contribution >= 4 is 46.6 Å². The third kappa shape index (κ3) is 1.81. The molecule has 0 amide bonds. The van der Waals surface area contributed by atoms with Gasteiger partial charge in [-0.1, -0.05) is 18.2 Å². The van der Waals surface area contributed by atoms with Crippen molar-refractivity contribution in [1.29, 1.82) is 0 Å². The van der Waals surface area contributed by atoms with Crippen LogP contribution in [0.4, 0.5) is 0 Å². The Bertz CT molecular complexity index is 575. The Balaban J connectivity index is 2.05. The lowest BCUT2D eigenvalue weighted by molar-refractivity contribution is 0.0619. The fourth-order valence-corrected chi connectivity index (χ4v) is 3.15. The van der Waals surface area contributed by atoms with E-state index in [1.54, 1.807) is 11.3 Å². The number of benzene rings is 1. The molecular weight excluding hydrogens is 263 g/mol. The van der Waals surface area contributed by atoms with E-state index in [1.165, 1.54) is 10.1 Å². The SMILES string of the molecule is CC1(C)OB(c2cccc3ccsc23)OC1(C)S. The van der Waals surface area contributed by atoms with Gasteiger partial charge in [-0.2, -0.15) is 0 Å². The molecule has 2 aromatic rings. The molecule has 0 aliphatic carbocycles. The van der Waals surface area contributed by atoms with E-state index in [-0.39, 0.29) is 7.12 Å². The van der Waals surface area contributed by atoms with Gasteiger partial charge in [0, 0.05) is 10.2 Å². The Morgan fingerprint density at radius 3 is 2.61 bits per heavy atom. The van der Waals surface area contributed by atoms with Crippen LogP contribution in [-0.2, 0) is 9.31 Å². The topological polar surface area (TPSA) is 18.5 Å². The minimum atomic E-state index is -0.586. The molecule has 0 bridgehead atoms. The maximum absolute atomic E-state index is 6.04. The summed E-state index contributed by atoms with van der Waals surface area (Å²) in [6.07, 6.45) is 0. The molecule has 2 heterocycles. The second-order valence-corrected chi connectivity index (χ2v) is 7.02. The van der Waals surface area contributed by atoms with Crippen LogP contribution in [0.5, 0.6) is 0 Å². The predicted molar refractivity (Wildman–Crippen MR) is 80.9 cm³/mol. The Morgan fingerprint density at radius 2 is 1.94 bits per heavy atom. The molecule has 1 aliphatic heterocycles. The van der Waals surface area contributed by atoms with Crippen LogP contribution in [0.2, 0.25) is 0 Å². The van der Waals surface area contributed by atoms with Crippen LogP contribution in [0.1, 0.15) is 20.8 Å². The number of hydrogen-bond donors (Lipinski definition) is 1. The van der Waals surface area contributed by atoms with Gasteiger partial charge in [0.25, 0.3) is 0 Å². The van der Waals surface area contributed by atoms with Gasteiger partial charge in [0.2, 0.25) is 0 Å². The minimum absolute atomic E-state index is 0.343. The van der Waals surface area contributed by atoms with Crippen molar-refractivity contribution in [2.75, 3.05) is 0 Å². The van der Waals surface area contributed by atoms with E-state index in [2.05, 4.69) is 36.2 Å². The normalized spacial score (nSPS) is 27.0. The average Bonchev–Trinajstić information content (AvgIpc) is 2.81. The first-order valence-corrected chi connectivity index (χ1v) is 7.27. The molecule has 1 atom stereocenters. The standard InChI is InChI=1S/C13H15BO2S2/c1-12(2)13(3,17)16-14(15-12)10-6-4-5-9-7-8-18-11(9)10/h4-8,17H,1-3H3. The summed E-state index contributed by atoms with van der Waals surface area (Å²) in [6.45, 7) is 5.97. The maximum atomic E-state index is 6.04. The van der Waals surface area contributed by atoms with Crippen molar-refractivity contribution in [1.82, 2.24) is 0 Å². The molecule has 2 nitrogen and oxygen atoms in total. The van der Waals surface area contributed by atoms with Crippen LogP contribution in [-0.4, -0.2) is 17.7 Å². The Hall–Kier alpha value is -0.485. The first kappa shape index (κ1) is 12.5. The molecule has 0 spiro atoms. The summed E-state index contributed by atoms with van der Waals surface area (Å²) in [5, 5.41) is 3.32. The Kier molecular flexibility index (Phi) is 2.79. The second kappa shape index (κ2) is 4.00. The van der Waals surface area contributed by atoms with Gasteiger partial charge in [0.05, 0.1) is 5.60 Å². The molecule has 1 saturated heterocycles. The molecule has 3 rings (SSSR count). The van der Waals surface area contributed by atoms with Gasteiger partial charge in [-0.3, -0.25) is 0 Å². The van der Waals surface area contributed by atoms with Crippen LogP contribution < -0.4 is 5.46 Å². The first-order valence-electron chi connectivity index (χ1n) is 5.95. The molecule has 0 N–H and O–H groups in total. The fraction of sp³-hybridized carbons (Fsp3) is 0.385. The molecule has 1 aromatic heterocycles. The highest BCUT2D eigenvalue weighted by molar-refractivity contribution is 7.81. The van der Waals surface area contributed by atoms with Crippen LogP contribution >= 0.6 is 24.0 Å². The lowest BCUT2D eigenvalue weighted by Gasteiger charge is -2.31. The molecule has 1 aliphatic rings. The summed E-state index contributed by atoms with van der Waals surface area (Å²) in [5.74, 6) is 0. The molecule has 0 radical (unpaired) electrons. The number of hydrogen-bond acceptors (Lipinski definition) is 4. The van der Waals surface area contributed by atoms with Crippen LogP contribution in [0, 0.1) is 0 Å². The van der Waals surface area contributed by atoms with Crippen molar-refractivity contribution < 1.29 is 9.31 Å². The maximum Gasteiger partial charge on any atom is 0.496 e. The van der Waals surface area contributed by atoms with Crippen molar-refractivity contribution in [3.8, 4) is 0 Å². The third-order valence-electron chi connectivity index (χ3n) is 3.62. The lowest BCUT2D eigenvalue weighted by Crippen LogP contribution is -2.39. The molecule has 1 fully saturated rings. The Morgan fingerprint density at radius 1 is 1.17 bits per heavy atom. The van der Waals surface area contributed by atoms with Crippen molar-refractivity contribution in [2.24, 2.45) is 0 Å². The molecule has 0 saturated carbocycles. The van der Waals surface area contributed by atoms with E-state index in [0.29, 0.717) is 0 Å². The molecular formula is C13H15BO2S2. The third-order valence-corrected chi connectivity index (χ3v) is 5.24. The largest absolute Gasteiger partial charge is 0.496 e.